The highest BCUT2D eigenvalue weighted by Gasteiger charge is 2.49. The van der Waals surface area contributed by atoms with Gasteiger partial charge in [-0.2, -0.15) is 0 Å². The lowest BCUT2D eigenvalue weighted by Gasteiger charge is -2.44. The van der Waals surface area contributed by atoms with Gasteiger partial charge in [0.25, 0.3) is 0 Å². The van der Waals surface area contributed by atoms with Crippen molar-refractivity contribution in [3.05, 3.63) is 184 Å². The molecule has 0 nitrogen and oxygen atoms in total. The lowest BCUT2D eigenvalue weighted by atomic mass is 9.59. The van der Waals surface area contributed by atoms with Crippen molar-refractivity contribution in [3.8, 4) is 0 Å². The molecule has 0 amide bonds. The average molecular weight is 533 g/mol. The summed E-state index contributed by atoms with van der Waals surface area (Å²) in [6.07, 6.45) is 11.6. The molecule has 0 bridgehead atoms. The zero-order valence-corrected chi connectivity index (χ0v) is 24.9. The average Bonchev–Trinajstić information content (AvgIpc) is 3.55. The summed E-state index contributed by atoms with van der Waals surface area (Å²) in [5.41, 5.74) is 15.6. The number of aryl methyl sites for hydroxylation is 1. The molecule has 41 heavy (non-hydrogen) atoms. The Morgan fingerprint density at radius 2 is 1.56 bits per heavy atom. The third-order valence-corrected chi connectivity index (χ3v) is 9.47. The second-order valence-electron chi connectivity index (χ2n) is 12.1. The van der Waals surface area contributed by atoms with Crippen LogP contribution in [0.25, 0.3) is 5.57 Å². The number of hydrogen-bond acceptors (Lipinski definition) is 0. The first-order valence-electron chi connectivity index (χ1n) is 14.9. The largest absolute Gasteiger partial charge is 0.0955 e. The van der Waals surface area contributed by atoms with E-state index in [-0.39, 0.29) is 17.3 Å². The van der Waals surface area contributed by atoms with Crippen LogP contribution in [0.3, 0.4) is 0 Å². The fourth-order valence-corrected chi connectivity index (χ4v) is 7.45. The molecule has 0 aromatic heterocycles. The Hall–Kier alpha value is -4.16. The topological polar surface area (TPSA) is 0 Å². The minimum atomic E-state index is -0.207. The minimum absolute atomic E-state index is 0.207. The van der Waals surface area contributed by atoms with Crippen molar-refractivity contribution in [2.75, 3.05) is 0 Å². The standard InChI is InChI=1S/C41H40/c1-7-28(3)39-29(4)22-36-24-33(30(5)40(36)41(39,6)37-16-12-9-13-17-37)23-35-25-34(31-14-10-8-11-15-31)26-38(35)32-20-18-27(2)19-21-32/h8-23,25-26,34,40H,3,5,7,24H2,1-2,4,6H3. The van der Waals surface area contributed by atoms with Crippen LogP contribution in [0.4, 0.5) is 0 Å². The zero-order valence-electron chi connectivity index (χ0n) is 24.9. The van der Waals surface area contributed by atoms with Crippen LogP contribution in [0.2, 0.25) is 0 Å². The first kappa shape index (κ1) is 27.0. The van der Waals surface area contributed by atoms with Crippen molar-refractivity contribution in [2.24, 2.45) is 5.92 Å². The summed E-state index contributed by atoms with van der Waals surface area (Å²) in [7, 11) is 0. The second kappa shape index (κ2) is 10.7. The number of hydrogen-bond donors (Lipinski definition) is 0. The van der Waals surface area contributed by atoms with Crippen molar-refractivity contribution >= 4 is 5.57 Å². The highest BCUT2D eigenvalue weighted by Crippen LogP contribution is 2.58. The third-order valence-electron chi connectivity index (χ3n) is 9.47. The van der Waals surface area contributed by atoms with Gasteiger partial charge in [-0.1, -0.05) is 153 Å². The van der Waals surface area contributed by atoms with Gasteiger partial charge in [-0.25, -0.2) is 0 Å². The summed E-state index contributed by atoms with van der Waals surface area (Å²) in [6, 6.07) is 30.8. The molecule has 3 aliphatic rings. The van der Waals surface area contributed by atoms with Crippen LogP contribution in [0, 0.1) is 12.8 Å². The lowest BCUT2D eigenvalue weighted by Crippen LogP contribution is -2.38. The molecule has 204 valence electrons. The quantitative estimate of drug-likeness (QED) is 0.296. The smallest absolute Gasteiger partial charge is 0.0285 e. The summed E-state index contributed by atoms with van der Waals surface area (Å²) < 4.78 is 0. The predicted molar refractivity (Wildman–Crippen MR) is 176 cm³/mol. The molecular weight excluding hydrogens is 492 g/mol. The van der Waals surface area contributed by atoms with Gasteiger partial charge in [-0.05, 0) is 76.8 Å². The van der Waals surface area contributed by atoms with Gasteiger partial charge in [0.1, 0.15) is 0 Å². The Morgan fingerprint density at radius 1 is 0.902 bits per heavy atom. The number of rotatable bonds is 6. The molecule has 3 atom stereocenters. The van der Waals surface area contributed by atoms with Gasteiger partial charge >= 0.3 is 0 Å². The van der Waals surface area contributed by atoms with Gasteiger partial charge in [0.05, 0.1) is 0 Å². The molecule has 0 aliphatic heterocycles. The Morgan fingerprint density at radius 3 is 2.22 bits per heavy atom. The molecule has 3 unspecified atom stereocenters. The highest BCUT2D eigenvalue weighted by molar-refractivity contribution is 5.86. The third kappa shape index (κ3) is 4.66. The summed E-state index contributed by atoms with van der Waals surface area (Å²) in [4.78, 5) is 0. The Kier molecular flexibility index (Phi) is 7.04. The summed E-state index contributed by atoms with van der Waals surface area (Å²) >= 11 is 0. The molecule has 3 aromatic carbocycles. The van der Waals surface area contributed by atoms with E-state index in [2.05, 4.69) is 144 Å². The van der Waals surface area contributed by atoms with E-state index >= 15 is 0 Å². The van der Waals surface area contributed by atoms with Crippen molar-refractivity contribution in [2.45, 2.75) is 51.9 Å². The van der Waals surface area contributed by atoms with E-state index in [0.717, 1.165) is 12.8 Å². The predicted octanol–water partition coefficient (Wildman–Crippen LogP) is 10.8. The molecule has 3 aromatic rings. The van der Waals surface area contributed by atoms with Crippen LogP contribution in [0.1, 0.15) is 61.8 Å². The summed E-state index contributed by atoms with van der Waals surface area (Å²) in [5, 5.41) is 0. The van der Waals surface area contributed by atoms with Crippen LogP contribution >= 0.6 is 0 Å². The van der Waals surface area contributed by atoms with Gasteiger partial charge in [-0.15, -0.1) is 0 Å². The molecule has 1 saturated carbocycles. The molecule has 0 N–H and O–H groups in total. The maximum absolute atomic E-state index is 4.81. The molecule has 0 heterocycles. The second-order valence-corrected chi connectivity index (χ2v) is 12.1. The Labute approximate surface area is 246 Å². The van der Waals surface area contributed by atoms with E-state index in [1.165, 1.54) is 66.8 Å². The molecular formula is C41H40. The van der Waals surface area contributed by atoms with Crippen LogP contribution < -0.4 is 0 Å². The number of benzene rings is 3. The SMILES string of the molecule is C=C(CC)C1=C(C)C=C2CC(=CC3=CC(c4ccccc4)C=C3c3ccc(C)cc3)C(=C)C2C1(C)c1ccccc1. The fourth-order valence-electron chi connectivity index (χ4n) is 7.45. The lowest BCUT2D eigenvalue weighted by molar-refractivity contribution is 0.445. The van der Waals surface area contributed by atoms with E-state index in [9.17, 15) is 0 Å². The molecule has 0 radical (unpaired) electrons. The van der Waals surface area contributed by atoms with Crippen molar-refractivity contribution in [1.29, 1.82) is 0 Å². The van der Waals surface area contributed by atoms with Gasteiger partial charge in [0, 0.05) is 17.3 Å². The van der Waals surface area contributed by atoms with Crippen molar-refractivity contribution in [3.63, 3.8) is 0 Å². The van der Waals surface area contributed by atoms with E-state index < -0.39 is 0 Å². The van der Waals surface area contributed by atoms with Crippen LogP contribution in [0.15, 0.2) is 161 Å². The first-order valence-corrected chi connectivity index (χ1v) is 14.9. The van der Waals surface area contributed by atoms with E-state index in [1.807, 2.05) is 0 Å². The van der Waals surface area contributed by atoms with Crippen molar-refractivity contribution in [1.82, 2.24) is 0 Å². The Bertz CT molecular complexity index is 1670. The molecule has 0 heteroatoms. The first-order chi connectivity index (χ1) is 19.8. The zero-order chi connectivity index (χ0) is 28.7. The fraction of sp³-hybridized carbons (Fsp3) is 0.220. The molecule has 0 spiro atoms. The van der Waals surface area contributed by atoms with Crippen LogP contribution in [-0.4, -0.2) is 0 Å². The summed E-state index contributed by atoms with van der Waals surface area (Å²) in [5.74, 6) is 0.477. The van der Waals surface area contributed by atoms with E-state index in [0.29, 0.717) is 0 Å². The number of allylic oxidation sites excluding steroid dienone is 12. The summed E-state index contributed by atoms with van der Waals surface area (Å²) in [6.45, 7) is 18.4. The van der Waals surface area contributed by atoms with Crippen LogP contribution in [-0.2, 0) is 5.41 Å². The van der Waals surface area contributed by atoms with Gasteiger partial charge < -0.3 is 0 Å². The molecule has 1 fully saturated rings. The maximum Gasteiger partial charge on any atom is 0.0285 e. The van der Waals surface area contributed by atoms with E-state index in [4.69, 9.17) is 6.58 Å². The normalized spacial score (nSPS) is 24.7. The van der Waals surface area contributed by atoms with Gasteiger partial charge in [-0.3, -0.25) is 0 Å². The highest BCUT2D eigenvalue weighted by atomic mass is 14.5. The van der Waals surface area contributed by atoms with E-state index in [1.54, 1.807) is 0 Å². The van der Waals surface area contributed by atoms with Gasteiger partial charge in [0.15, 0.2) is 0 Å². The molecule has 0 saturated heterocycles. The maximum atomic E-state index is 4.81. The monoisotopic (exact) mass is 532 g/mol. The molecule has 3 aliphatic carbocycles. The molecule has 6 rings (SSSR count). The minimum Gasteiger partial charge on any atom is -0.0955 e. The van der Waals surface area contributed by atoms with Crippen LogP contribution in [0.5, 0.6) is 0 Å². The van der Waals surface area contributed by atoms with Crippen molar-refractivity contribution < 1.29 is 0 Å². The Balaban J connectivity index is 1.45. The van der Waals surface area contributed by atoms with Gasteiger partial charge in [0.2, 0.25) is 0 Å². The number of fused-ring (bicyclic) bond motifs is 1.